The summed E-state index contributed by atoms with van der Waals surface area (Å²) in [4.78, 5) is 34.0. The molecule has 0 bridgehead atoms. The number of amides is 2. The Balaban J connectivity index is 2.53. The van der Waals surface area contributed by atoms with E-state index in [1.54, 1.807) is 11.8 Å². The average Bonchev–Trinajstić information content (AvgIpc) is 2.92. The summed E-state index contributed by atoms with van der Waals surface area (Å²) in [6, 6.07) is -0.471. The lowest BCUT2D eigenvalue weighted by Gasteiger charge is -2.24. The summed E-state index contributed by atoms with van der Waals surface area (Å²) in [5.74, 6) is 0.448. The molecule has 0 aromatic heterocycles. The predicted octanol–water partition coefficient (Wildman–Crippen LogP) is 1.28. The van der Waals surface area contributed by atoms with E-state index in [2.05, 4.69) is 24.8 Å². The van der Waals surface area contributed by atoms with Crippen molar-refractivity contribution in [2.45, 2.75) is 43.0 Å². The fourth-order valence-corrected chi connectivity index (χ4v) is 3.95. The van der Waals surface area contributed by atoms with Crippen molar-refractivity contribution in [2.75, 3.05) is 27.1 Å². The number of carbonyl (C=O) groups is 3. The second-order valence-electron chi connectivity index (χ2n) is 5.10. The highest BCUT2D eigenvalue weighted by Gasteiger charge is 2.38. The van der Waals surface area contributed by atoms with Crippen LogP contribution in [0, 0.1) is 0 Å². The Labute approximate surface area is 140 Å². The van der Waals surface area contributed by atoms with Gasteiger partial charge in [-0.25, -0.2) is 9.59 Å². The molecule has 0 aromatic carbocycles. The Morgan fingerprint density at radius 1 is 1.00 bits per heavy atom. The van der Waals surface area contributed by atoms with E-state index in [-0.39, 0.29) is 23.3 Å². The normalized spacial score (nSPS) is 23.0. The quantitative estimate of drug-likeness (QED) is 0.406. The second-order valence-corrected chi connectivity index (χ2v) is 6.37. The summed E-state index contributed by atoms with van der Waals surface area (Å²) >= 11 is 1.67. The number of hydrogen-bond acceptors (Lipinski definition) is 7. The SMILES string of the molecule is COC(=O)CCCC[C@@H]1SC[C@H](NC(=O)OC)[C@H]1NC(=O)OC. The van der Waals surface area contributed by atoms with Gasteiger partial charge in [-0.05, 0) is 12.8 Å². The molecule has 2 amide bonds. The maximum atomic E-state index is 11.5. The third-order valence-electron chi connectivity index (χ3n) is 3.63. The van der Waals surface area contributed by atoms with Crippen molar-refractivity contribution in [1.29, 1.82) is 0 Å². The van der Waals surface area contributed by atoms with Crippen LogP contribution in [0.25, 0.3) is 0 Å². The van der Waals surface area contributed by atoms with E-state index in [1.807, 2.05) is 0 Å². The fraction of sp³-hybridized carbons (Fsp3) is 0.786. The van der Waals surface area contributed by atoms with Crippen LogP contribution >= 0.6 is 11.8 Å². The van der Waals surface area contributed by atoms with Crippen LogP contribution in [0.5, 0.6) is 0 Å². The van der Waals surface area contributed by atoms with Crippen LogP contribution in [0.4, 0.5) is 9.59 Å². The topological polar surface area (TPSA) is 103 Å². The monoisotopic (exact) mass is 348 g/mol. The summed E-state index contributed by atoms with van der Waals surface area (Å²) in [5.41, 5.74) is 0. The van der Waals surface area contributed by atoms with E-state index >= 15 is 0 Å². The Morgan fingerprint density at radius 3 is 2.26 bits per heavy atom. The van der Waals surface area contributed by atoms with Crippen molar-refractivity contribution in [3.8, 4) is 0 Å². The number of hydrogen-bond donors (Lipinski definition) is 2. The lowest BCUT2D eigenvalue weighted by atomic mass is 10.0. The minimum atomic E-state index is -0.534. The number of rotatable bonds is 7. The minimum absolute atomic E-state index is 0.133. The Hall–Kier alpha value is -1.64. The smallest absolute Gasteiger partial charge is 0.407 e. The van der Waals surface area contributed by atoms with Gasteiger partial charge in [0.25, 0.3) is 0 Å². The van der Waals surface area contributed by atoms with E-state index in [0.717, 1.165) is 19.3 Å². The molecule has 1 aliphatic heterocycles. The summed E-state index contributed by atoms with van der Waals surface area (Å²) in [5, 5.41) is 5.64. The number of esters is 1. The molecule has 1 rings (SSSR count). The standard InChI is InChI=1S/C14H24N2O6S/c1-20-11(17)7-5-4-6-10-12(16-14(19)22-3)9(8-23-10)15-13(18)21-2/h9-10,12H,4-8H2,1-3H3,(H,15,18)(H,16,19)/t9-,10-,12+/m0/s1. The van der Waals surface area contributed by atoms with Crippen LogP contribution in [0.3, 0.4) is 0 Å². The molecule has 3 atom stereocenters. The molecular weight excluding hydrogens is 324 g/mol. The van der Waals surface area contributed by atoms with Crippen molar-refractivity contribution >= 4 is 29.9 Å². The number of unbranched alkanes of at least 4 members (excludes halogenated alkanes) is 1. The molecule has 1 aliphatic rings. The molecule has 8 nitrogen and oxygen atoms in total. The van der Waals surface area contributed by atoms with Gasteiger partial charge in [0.2, 0.25) is 0 Å². The van der Waals surface area contributed by atoms with E-state index in [4.69, 9.17) is 0 Å². The van der Waals surface area contributed by atoms with Gasteiger partial charge in [0.15, 0.2) is 0 Å². The third kappa shape index (κ3) is 6.55. The molecule has 1 heterocycles. The fourth-order valence-electron chi connectivity index (χ4n) is 2.40. The van der Waals surface area contributed by atoms with Crippen molar-refractivity contribution in [2.24, 2.45) is 0 Å². The van der Waals surface area contributed by atoms with Gasteiger partial charge in [-0.2, -0.15) is 11.8 Å². The van der Waals surface area contributed by atoms with Crippen molar-refractivity contribution < 1.29 is 28.6 Å². The van der Waals surface area contributed by atoms with E-state index in [9.17, 15) is 14.4 Å². The zero-order valence-corrected chi connectivity index (χ0v) is 14.4. The van der Waals surface area contributed by atoms with E-state index in [1.165, 1.54) is 21.3 Å². The highest BCUT2D eigenvalue weighted by Crippen LogP contribution is 2.31. The lowest BCUT2D eigenvalue weighted by molar-refractivity contribution is -0.140. The van der Waals surface area contributed by atoms with Crippen molar-refractivity contribution in [3.63, 3.8) is 0 Å². The molecule has 9 heteroatoms. The number of alkyl carbamates (subject to hydrolysis) is 2. The molecule has 1 saturated heterocycles. The van der Waals surface area contributed by atoms with Gasteiger partial charge in [0, 0.05) is 17.4 Å². The average molecular weight is 348 g/mol. The highest BCUT2D eigenvalue weighted by molar-refractivity contribution is 8.00. The summed E-state index contributed by atoms with van der Waals surface area (Å²) in [7, 11) is 3.96. The highest BCUT2D eigenvalue weighted by atomic mass is 32.2. The summed E-state index contributed by atoms with van der Waals surface area (Å²) in [6.45, 7) is 0. The first-order chi connectivity index (χ1) is 11.0. The van der Waals surface area contributed by atoms with Gasteiger partial charge in [-0.1, -0.05) is 6.42 Å². The molecule has 23 heavy (non-hydrogen) atoms. The molecule has 0 unspecified atom stereocenters. The van der Waals surface area contributed by atoms with Gasteiger partial charge >= 0.3 is 18.2 Å². The van der Waals surface area contributed by atoms with Crippen molar-refractivity contribution in [1.82, 2.24) is 10.6 Å². The maximum absolute atomic E-state index is 11.5. The van der Waals surface area contributed by atoms with Crippen LogP contribution in [0.1, 0.15) is 25.7 Å². The number of methoxy groups -OCH3 is 3. The Morgan fingerprint density at radius 2 is 1.65 bits per heavy atom. The number of thioether (sulfide) groups is 1. The van der Waals surface area contributed by atoms with Gasteiger partial charge in [0.05, 0.1) is 33.4 Å². The van der Waals surface area contributed by atoms with Crippen LogP contribution in [0.2, 0.25) is 0 Å². The second kappa shape index (κ2) is 10.2. The zero-order chi connectivity index (χ0) is 17.2. The molecule has 1 fully saturated rings. The van der Waals surface area contributed by atoms with Gasteiger partial charge in [-0.3, -0.25) is 4.79 Å². The third-order valence-corrected chi connectivity index (χ3v) is 5.14. The van der Waals surface area contributed by atoms with Crippen LogP contribution in [-0.2, 0) is 19.0 Å². The van der Waals surface area contributed by atoms with Gasteiger partial charge in [-0.15, -0.1) is 0 Å². The van der Waals surface area contributed by atoms with E-state index in [0.29, 0.717) is 12.2 Å². The molecule has 2 N–H and O–H groups in total. The first-order valence-electron chi connectivity index (χ1n) is 7.39. The number of carbonyl (C=O) groups excluding carboxylic acids is 3. The molecule has 0 radical (unpaired) electrons. The number of ether oxygens (including phenoxy) is 3. The molecule has 0 spiro atoms. The first-order valence-corrected chi connectivity index (χ1v) is 8.44. The van der Waals surface area contributed by atoms with Crippen molar-refractivity contribution in [3.05, 3.63) is 0 Å². The number of nitrogens with one attached hydrogen (secondary N) is 2. The maximum Gasteiger partial charge on any atom is 0.407 e. The summed E-state index contributed by atoms with van der Waals surface area (Å²) in [6.07, 6.45) is 1.69. The van der Waals surface area contributed by atoms with Gasteiger partial charge < -0.3 is 24.8 Å². The molecule has 0 aromatic rings. The van der Waals surface area contributed by atoms with Gasteiger partial charge in [0.1, 0.15) is 0 Å². The van der Waals surface area contributed by atoms with Crippen LogP contribution in [0.15, 0.2) is 0 Å². The molecule has 0 saturated carbocycles. The van der Waals surface area contributed by atoms with Crippen LogP contribution < -0.4 is 10.6 Å². The molecule has 132 valence electrons. The largest absolute Gasteiger partial charge is 0.469 e. The predicted molar refractivity (Wildman–Crippen MR) is 85.4 cm³/mol. The molecular formula is C14H24N2O6S. The molecule has 0 aliphatic carbocycles. The van der Waals surface area contributed by atoms with Crippen LogP contribution in [-0.4, -0.2) is 62.6 Å². The lowest BCUT2D eigenvalue weighted by Crippen LogP contribution is -2.53. The van der Waals surface area contributed by atoms with E-state index < -0.39 is 12.2 Å². The summed E-state index contributed by atoms with van der Waals surface area (Å²) < 4.78 is 13.9. The minimum Gasteiger partial charge on any atom is -0.469 e. The Bertz CT molecular complexity index is 420. The first kappa shape index (κ1) is 19.4. The zero-order valence-electron chi connectivity index (χ0n) is 13.6. The Kier molecular flexibility index (Phi) is 8.60.